The van der Waals surface area contributed by atoms with Crippen LogP contribution < -0.4 is 0 Å². The first-order chi connectivity index (χ1) is 61.2. The minimum Gasteiger partial charge on any atom is -0.465 e. The smallest absolute Gasteiger partial charge is 0.377 e. The Hall–Kier alpha value is -5.77. The highest BCUT2D eigenvalue weighted by molar-refractivity contribution is 7.97. The summed E-state index contributed by atoms with van der Waals surface area (Å²) < 4.78 is 167. The van der Waals surface area contributed by atoms with E-state index in [1.54, 1.807) is 0 Å². The van der Waals surface area contributed by atoms with E-state index in [9.17, 15) is 54.3 Å². The Morgan fingerprint density at radius 1 is 0.403 bits per heavy atom. The second-order valence-corrected chi connectivity index (χ2v) is 50.2. The van der Waals surface area contributed by atoms with Crippen LogP contribution in [0.3, 0.4) is 0 Å². The highest BCUT2D eigenvalue weighted by Crippen LogP contribution is 2.69. The summed E-state index contributed by atoms with van der Waals surface area (Å²) in [6.45, 7) is 15.1. The van der Waals surface area contributed by atoms with Crippen LogP contribution in [0.5, 0.6) is 0 Å². The number of esters is 4. The van der Waals surface area contributed by atoms with Crippen molar-refractivity contribution in [2.75, 3.05) is 89.1 Å². The Balaban J connectivity index is 0.000000125. The number of halogens is 8. The molecule has 0 aromatic heterocycles. The van der Waals surface area contributed by atoms with Crippen LogP contribution in [0.15, 0.2) is 164 Å². The molecule has 129 heavy (non-hydrogen) atoms. The van der Waals surface area contributed by atoms with Crippen LogP contribution in [0.2, 0.25) is 0 Å². The molecule has 25 rings (SSSR count). The van der Waals surface area contributed by atoms with Crippen LogP contribution in [0.1, 0.15) is 208 Å². The predicted molar refractivity (Wildman–Crippen MR) is 479 cm³/mol. The molecule has 20 fully saturated rings. The molecule has 5 aromatic rings. The average molecular weight is 1860 g/mol. The van der Waals surface area contributed by atoms with Crippen molar-refractivity contribution < 1.29 is 102 Å². The van der Waals surface area contributed by atoms with E-state index in [0.717, 1.165) is 77.8 Å². The molecule has 4 aliphatic heterocycles. The minimum absolute atomic E-state index is 0.0146. The van der Waals surface area contributed by atoms with E-state index in [1.165, 1.54) is 97.1 Å². The lowest BCUT2D eigenvalue weighted by Gasteiger charge is -2.65. The summed E-state index contributed by atoms with van der Waals surface area (Å²) in [6.07, 6.45) is 17.3. The summed E-state index contributed by atoms with van der Waals surface area (Å²) in [6, 6.07) is 50.6. The standard InChI is InChI=1S/C40H54F2O8.C18H22F6O4.C18H15S.2C14H21OS/c1-36(41,42)33(43)50-39-16-28-8-30(17-39)40(31(9-28)18-39)48-20-29(19-46-34(44)37-10-22-2-23(11-37)4-24(3-22)12-37)32(49-40)21-47-35(45)38-13-25-5-26(14-38)7-27(6-25)15-38;1-14(19,20)7-26-13(25)15-4-10-2-11(5-15)18(12(3-10)6-15)27-8-16(21,22)17(23,24)9-28-18;1-4-10-16(11-5-1)19(17-12-6-2-7-13-17)18-14-8-3-9-15-18;2*1-14(2,3)12-4-6-13(7-5-12)16-10-8-15-9-11-16/h22-32H,2-21H2,1H3;10-12H,2-9H2,1H3;1-15H;2*4-7H,8-11H2,1-3H3/q;;3*+1. The van der Waals surface area contributed by atoms with Gasteiger partial charge in [0.1, 0.15) is 54.5 Å². The van der Waals surface area contributed by atoms with Gasteiger partial charge in [-0.3, -0.25) is 14.4 Å². The van der Waals surface area contributed by atoms with Gasteiger partial charge >= 0.3 is 41.6 Å². The summed E-state index contributed by atoms with van der Waals surface area (Å²) in [5.41, 5.74) is 0.663. The summed E-state index contributed by atoms with van der Waals surface area (Å²) in [7, 11) is 0.849. The maximum atomic E-state index is 14.0. The van der Waals surface area contributed by atoms with Crippen molar-refractivity contribution in [2.45, 2.75) is 279 Å². The first-order valence-corrected chi connectivity index (χ1v) is 52.0. The molecule has 2 spiro atoms. The van der Waals surface area contributed by atoms with Gasteiger partial charge in [-0.25, -0.2) is 13.6 Å². The lowest BCUT2D eigenvalue weighted by Crippen LogP contribution is -2.70. The number of benzene rings is 5. The fourth-order valence-electron chi connectivity index (χ4n) is 26.6. The zero-order chi connectivity index (χ0) is 91.0. The lowest BCUT2D eigenvalue weighted by molar-refractivity contribution is -0.402. The van der Waals surface area contributed by atoms with Gasteiger partial charge < -0.3 is 47.4 Å². The third-order valence-electron chi connectivity index (χ3n) is 31.7. The third-order valence-corrected chi connectivity index (χ3v) is 38.5. The molecule has 0 amide bonds. The van der Waals surface area contributed by atoms with Crippen molar-refractivity contribution in [3.05, 3.63) is 151 Å². The van der Waals surface area contributed by atoms with Crippen LogP contribution >= 0.6 is 0 Å². The molecule has 16 aliphatic carbocycles. The maximum absolute atomic E-state index is 14.0. The van der Waals surface area contributed by atoms with E-state index in [-0.39, 0.29) is 94.7 Å². The van der Waals surface area contributed by atoms with Crippen LogP contribution in [-0.2, 0) is 110 Å². The van der Waals surface area contributed by atoms with Crippen molar-refractivity contribution in [1.29, 1.82) is 0 Å². The Labute approximate surface area is 765 Å². The Bertz CT molecular complexity index is 4390. The Kier molecular flexibility index (Phi) is 27.5. The largest absolute Gasteiger partial charge is 0.465 e. The van der Waals surface area contributed by atoms with Crippen LogP contribution in [0.4, 0.5) is 35.1 Å². The summed E-state index contributed by atoms with van der Waals surface area (Å²) in [5.74, 6) is -13.2. The lowest BCUT2D eigenvalue weighted by atomic mass is 9.47. The highest BCUT2D eigenvalue weighted by atomic mass is 32.2. The van der Waals surface area contributed by atoms with E-state index in [1.807, 2.05) is 0 Å². The SMILES string of the molecule is CC(C)(C)c1ccc([S+]2CCOCC2)cc1.CC(C)(C)c1ccc([S+]2CCOCC2)cc1.CC(F)(F)C(=O)OC12CC3CC(C1)C1(OCC(COC(=O)C45CC6CC(CC(C6)C4)C5)C(COC(=O)C45CC6CC(CC(C6)C4)C5)O1)C(C3)C2.CC(F)(F)COC(=O)C12CC3CC(C1)C1(OCC(F)(F)C(F)(F)CO1)C(C3)C2.c1ccc([S+](c2ccccc2)c2ccccc2)cc1. The fourth-order valence-corrected chi connectivity index (χ4v) is 32.4. The number of alkyl halides is 8. The average Bonchev–Trinajstić information content (AvgIpc) is 1.61. The molecule has 14 nitrogen and oxygen atoms in total. The van der Waals surface area contributed by atoms with Crippen molar-refractivity contribution in [2.24, 2.45) is 93.2 Å². The first-order valence-electron chi connectivity index (χ1n) is 47.7. The van der Waals surface area contributed by atoms with E-state index in [4.69, 9.17) is 47.4 Å². The number of carbonyl (C=O) groups excluding carboxylic acids is 4. The second kappa shape index (κ2) is 37.4. The number of carbonyl (C=O) groups is 4. The fraction of sp³-hybridized carbons (Fsp3) is 0.673. The van der Waals surface area contributed by atoms with Crippen LogP contribution in [0, 0.1) is 93.2 Å². The molecule has 5 aromatic carbocycles. The molecule has 25 heteroatoms. The molecule has 6 unspecified atom stereocenters. The Morgan fingerprint density at radius 3 is 1.11 bits per heavy atom. The van der Waals surface area contributed by atoms with E-state index in [0.29, 0.717) is 116 Å². The molecule has 20 aliphatic rings. The Morgan fingerprint density at radius 2 is 0.744 bits per heavy atom. The van der Waals surface area contributed by atoms with Crippen molar-refractivity contribution in [3.8, 4) is 0 Å². The molecule has 6 atom stereocenters. The van der Waals surface area contributed by atoms with E-state index in [2.05, 4.69) is 181 Å². The minimum atomic E-state index is -4.35. The molecule has 16 bridgehead atoms. The summed E-state index contributed by atoms with van der Waals surface area (Å²) >= 11 is 0. The molecule has 0 N–H and O–H groups in total. The molecular formula is C104H133F8O14S3+3. The summed E-state index contributed by atoms with van der Waals surface area (Å²) in [5, 5.41) is 0. The monoisotopic (exact) mass is 1850 g/mol. The maximum Gasteiger partial charge on any atom is 0.377 e. The van der Waals surface area contributed by atoms with Crippen LogP contribution in [-0.4, -0.2) is 160 Å². The van der Waals surface area contributed by atoms with E-state index < -0.39 is 101 Å². The second-order valence-electron chi connectivity index (χ2n) is 43.6. The molecule has 4 saturated heterocycles. The summed E-state index contributed by atoms with van der Waals surface area (Å²) in [4.78, 5) is 60.0. The van der Waals surface area contributed by atoms with Gasteiger partial charge in [-0.15, -0.1) is 0 Å². The number of rotatable bonds is 16. The first kappa shape index (κ1) is 95.0. The van der Waals surface area contributed by atoms with Crippen molar-refractivity contribution in [3.63, 3.8) is 0 Å². The van der Waals surface area contributed by atoms with Gasteiger partial charge in [0.05, 0.1) is 66.8 Å². The van der Waals surface area contributed by atoms with E-state index >= 15 is 0 Å². The highest BCUT2D eigenvalue weighted by Gasteiger charge is 2.72. The predicted octanol–water partition coefficient (Wildman–Crippen LogP) is 21.8. The van der Waals surface area contributed by atoms with Crippen molar-refractivity contribution in [1.82, 2.24) is 0 Å². The number of hydrogen-bond donors (Lipinski definition) is 0. The number of ether oxygens (including phenoxy) is 10. The van der Waals surface area contributed by atoms with Crippen LogP contribution in [0.25, 0.3) is 0 Å². The van der Waals surface area contributed by atoms with Gasteiger partial charge in [0, 0.05) is 65.2 Å². The molecule has 0 radical (unpaired) electrons. The quantitative estimate of drug-likeness (QED) is 0.0397. The molecular weight excluding hydrogens is 1720 g/mol. The van der Waals surface area contributed by atoms with Gasteiger partial charge in [-0.2, -0.15) is 26.3 Å². The van der Waals surface area contributed by atoms with Crippen molar-refractivity contribution >= 4 is 56.6 Å². The molecule has 4 heterocycles. The number of hydrogen-bond acceptors (Lipinski definition) is 14. The van der Waals surface area contributed by atoms with Gasteiger partial charge in [0.25, 0.3) is 5.92 Å². The van der Waals surface area contributed by atoms with Gasteiger partial charge in [-0.1, -0.05) is 120 Å². The normalized spacial score (nSPS) is 35.1. The van der Waals surface area contributed by atoms with Gasteiger partial charge in [0.15, 0.2) is 42.7 Å². The van der Waals surface area contributed by atoms with Gasteiger partial charge in [-0.05, 0) is 271 Å². The third kappa shape index (κ3) is 20.5. The zero-order valence-corrected chi connectivity index (χ0v) is 78.7. The van der Waals surface area contributed by atoms with Gasteiger partial charge in [0.2, 0.25) is 0 Å². The molecule has 16 saturated carbocycles. The topological polar surface area (TPSA) is 161 Å². The zero-order valence-electron chi connectivity index (χ0n) is 76.3. The molecule has 704 valence electrons.